The number of likely N-dealkylation sites (N-methyl/N-ethyl adjacent to an activating group) is 1. The molecule has 1 unspecified atom stereocenters. The van der Waals surface area contributed by atoms with Crippen molar-refractivity contribution in [3.05, 3.63) is 43.2 Å². The van der Waals surface area contributed by atoms with Gasteiger partial charge in [-0.2, -0.15) is 0 Å². The number of amides is 1. The molecule has 1 fully saturated rings. The van der Waals surface area contributed by atoms with Crippen LogP contribution in [0.2, 0.25) is 0 Å². The summed E-state index contributed by atoms with van der Waals surface area (Å²) in [6.07, 6.45) is 0.121. The van der Waals surface area contributed by atoms with Gasteiger partial charge in [0.1, 0.15) is 22.8 Å². The first-order valence-electron chi connectivity index (χ1n) is 10.5. The zero-order valence-electron chi connectivity index (χ0n) is 18.6. The summed E-state index contributed by atoms with van der Waals surface area (Å²) in [4.78, 5) is 40.2. The van der Waals surface area contributed by atoms with Gasteiger partial charge in [-0.1, -0.05) is 11.1 Å². The molecule has 0 heterocycles. The Morgan fingerprint density at radius 2 is 1.94 bits per heavy atom. The summed E-state index contributed by atoms with van der Waals surface area (Å²) in [5.74, 6) is -7.96. The highest BCUT2D eigenvalue weighted by atomic mass is 127. The molecule has 0 aliphatic heterocycles. The minimum atomic E-state index is -2.72. The standard InChI is InChI=1S/C22H23IN2O9S/c1-25(2)15-10-4-7-3-9-11(23)5-8(6-35(33)34)16(26)13(9)17(27)12(7)19(29)22(10,32)20(30)14(18(15)28)21(24)31/h5,7,10,15,26-27,30,32H,3-4,6H2,1-2H3,(H2,24,31)(H,33,34)/p-1/t7-,10-,15-,22-/m0/s1. The number of aliphatic hydroxyl groups is 3. The summed E-state index contributed by atoms with van der Waals surface area (Å²) in [6, 6.07) is 0.318. The van der Waals surface area contributed by atoms with Crippen LogP contribution in [-0.4, -0.2) is 77.3 Å². The molecule has 35 heavy (non-hydrogen) atoms. The number of halogens is 1. The number of carbonyl (C=O) groups excluding carboxylic acids is 3. The second-order valence-corrected chi connectivity index (χ2v) is 11.2. The van der Waals surface area contributed by atoms with E-state index in [4.69, 9.17) is 5.73 Å². The molecule has 4 rings (SSSR count). The van der Waals surface area contributed by atoms with E-state index in [0.29, 0.717) is 9.13 Å². The Morgan fingerprint density at radius 3 is 2.49 bits per heavy atom. The van der Waals surface area contributed by atoms with E-state index in [0.717, 1.165) is 0 Å². The number of fused-ring (bicyclic) bond motifs is 3. The van der Waals surface area contributed by atoms with E-state index < -0.39 is 80.6 Å². The van der Waals surface area contributed by atoms with Crippen LogP contribution in [0.25, 0.3) is 5.76 Å². The quantitative estimate of drug-likeness (QED) is 0.173. The van der Waals surface area contributed by atoms with Crippen molar-refractivity contribution < 1.29 is 43.6 Å². The van der Waals surface area contributed by atoms with Crippen LogP contribution in [0, 0.1) is 15.4 Å². The Balaban J connectivity index is 1.97. The molecule has 1 amide bonds. The molecule has 6 N–H and O–H groups in total. The molecule has 0 aromatic heterocycles. The van der Waals surface area contributed by atoms with Gasteiger partial charge in [0.2, 0.25) is 5.78 Å². The zero-order chi connectivity index (χ0) is 26.1. The molecule has 1 saturated carbocycles. The average Bonchev–Trinajstić information content (AvgIpc) is 2.73. The smallest absolute Gasteiger partial charge is 0.255 e. The summed E-state index contributed by atoms with van der Waals surface area (Å²) in [5.41, 5.74) is 1.76. The fourth-order valence-electron chi connectivity index (χ4n) is 5.56. The first kappa shape index (κ1) is 25.8. The molecule has 1 aromatic rings. The number of Topliss-reactive ketones (excluding diaryl/α,β-unsaturated/α-hetero) is 2. The third-order valence-corrected chi connectivity index (χ3v) is 8.53. The van der Waals surface area contributed by atoms with Gasteiger partial charge in [0.15, 0.2) is 11.4 Å². The summed E-state index contributed by atoms with van der Waals surface area (Å²) < 4.78 is 23.0. The van der Waals surface area contributed by atoms with Crippen molar-refractivity contribution in [1.82, 2.24) is 4.90 Å². The van der Waals surface area contributed by atoms with Gasteiger partial charge in [-0.05, 0) is 67.1 Å². The number of nitrogens with zero attached hydrogens (tertiary/aromatic N) is 1. The summed E-state index contributed by atoms with van der Waals surface area (Å²) in [5, 5.41) is 44.2. The first-order chi connectivity index (χ1) is 16.2. The fraction of sp³-hybridized carbons (Fsp3) is 0.409. The molecule has 188 valence electrons. The van der Waals surface area contributed by atoms with E-state index in [9.17, 15) is 43.6 Å². The van der Waals surface area contributed by atoms with Crippen molar-refractivity contribution in [2.75, 3.05) is 14.1 Å². The monoisotopic (exact) mass is 617 g/mol. The van der Waals surface area contributed by atoms with Gasteiger partial charge in [0, 0.05) is 26.4 Å². The maximum absolute atomic E-state index is 13.7. The Kier molecular flexibility index (Phi) is 6.37. The number of carbonyl (C=O) groups is 3. The van der Waals surface area contributed by atoms with Crippen LogP contribution < -0.4 is 5.73 Å². The van der Waals surface area contributed by atoms with Gasteiger partial charge in [-0.3, -0.25) is 23.5 Å². The highest BCUT2D eigenvalue weighted by Crippen LogP contribution is 2.53. The average molecular weight is 617 g/mol. The number of ketones is 2. The molecule has 0 bridgehead atoms. The van der Waals surface area contributed by atoms with Gasteiger partial charge >= 0.3 is 0 Å². The fourth-order valence-corrected chi connectivity index (χ4v) is 6.90. The molecular formula is C22H22IN2O9S-. The molecule has 5 atom stereocenters. The minimum absolute atomic E-state index is 0.0154. The molecule has 13 heteroatoms. The number of hydrogen-bond donors (Lipinski definition) is 5. The molecule has 0 saturated heterocycles. The molecule has 3 aliphatic rings. The largest absolute Gasteiger partial charge is 0.772 e. The first-order valence-corrected chi connectivity index (χ1v) is 12.8. The van der Waals surface area contributed by atoms with E-state index in [1.807, 2.05) is 22.6 Å². The third-order valence-electron chi connectivity index (χ3n) is 7.02. The molecular weight excluding hydrogens is 595 g/mol. The predicted molar refractivity (Wildman–Crippen MR) is 130 cm³/mol. The van der Waals surface area contributed by atoms with Crippen molar-refractivity contribution in [2.24, 2.45) is 17.6 Å². The Hall–Kier alpha value is -2.33. The van der Waals surface area contributed by atoms with Crippen LogP contribution >= 0.6 is 22.6 Å². The van der Waals surface area contributed by atoms with Crippen LogP contribution in [0.4, 0.5) is 0 Å². The van der Waals surface area contributed by atoms with E-state index in [1.165, 1.54) is 25.1 Å². The molecule has 3 aliphatic carbocycles. The lowest BCUT2D eigenvalue weighted by atomic mass is 9.57. The van der Waals surface area contributed by atoms with Crippen LogP contribution in [-0.2, 0) is 37.6 Å². The topological polar surface area (TPSA) is 202 Å². The lowest BCUT2D eigenvalue weighted by Crippen LogP contribution is -2.65. The van der Waals surface area contributed by atoms with Gasteiger partial charge in [0.05, 0.1) is 11.6 Å². The van der Waals surface area contributed by atoms with Crippen LogP contribution in [0.3, 0.4) is 0 Å². The van der Waals surface area contributed by atoms with E-state index in [1.54, 1.807) is 0 Å². The van der Waals surface area contributed by atoms with Gasteiger partial charge in [0.25, 0.3) is 5.91 Å². The molecule has 11 nitrogen and oxygen atoms in total. The SMILES string of the molecule is CN(C)[C@@H]1C(=O)C(C(N)=O)=C(O)[C@@]2(O)C(=O)C3=C(O)c4c(O)c(CS(=O)[O-])cc(I)c4C[C@H]3C[C@@H]12. The number of aliphatic hydroxyl groups excluding tert-OH is 2. The van der Waals surface area contributed by atoms with Crippen LogP contribution in [0.5, 0.6) is 5.75 Å². The molecule has 0 spiro atoms. The van der Waals surface area contributed by atoms with E-state index in [-0.39, 0.29) is 29.5 Å². The lowest BCUT2D eigenvalue weighted by Gasteiger charge is -2.50. The number of benzene rings is 1. The van der Waals surface area contributed by atoms with Crippen molar-refractivity contribution in [1.29, 1.82) is 0 Å². The number of aromatic hydroxyl groups is 1. The summed E-state index contributed by atoms with van der Waals surface area (Å²) in [6.45, 7) is 0. The normalized spacial score (nSPS) is 29.1. The van der Waals surface area contributed by atoms with E-state index in [2.05, 4.69) is 0 Å². The number of phenols is 1. The number of nitrogens with two attached hydrogens (primary N) is 1. The maximum atomic E-state index is 13.7. The number of hydrogen-bond acceptors (Lipinski definition) is 10. The van der Waals surface area contributed by atoms with Crippen molar-refractivity contribution in [3.8, 4) is 5.75 Å². The highest BCUT2D eigenvalue weighted by molar-refractivity contribution is 14.1. The number of phenolic OH excluding ortho intramolecular Hbond substituents is 1. The van der Waals surface area contributed by atoms with Crippen LogP contribution in [0.1, 0.15) is 23.1 Å². The molecule has 0 radical (unpaired) electrons. The van der Waals surface area contributed by atoms with Crippen molar-refractivity contribution in [2.45, 2.75) is 30.2 Å². The van der Waals surface area contributed by atoms with Gasteiger partial charge < -0.3 is 30.7 Å². The highest BCUT2D eigenvalue weighted by Gasteiger charge is 2.64. The number of primary amides is 1. The summed E-state index contributed by atoms with van der Waals surface area (Å²) >= 11 is -0.596. The van der Waals surface area contributed by atoms with Gasteiger partial charge in [-0.25, -0.2) is 0 Å². The molecule has 1 aromatic carbocycles. The van der Waals surface area contributed by atoms with E-state index >= 15 is 0 Å². The van der Waals surface area contributed by atoms with Crippen molar-refractivity contribution in [3.63, 3.8) is 0 Å². The third kappa shape index (κ3) is 3.63. The Labute approximate surface area is 215 Å². The van der Waals surface area contributed by atoms with Gasteiger partial charge in [-0.15, -0.1) is 0 Å². The maximum Gasteiger partial charge on any atom is 0.255 e. The minimum Gasteiger partial charge on any atom is -0.772 e. The summed E-state index contributed by atoms with van der Waals surface area (Å²) in [7, 11) is 3.05. The number of rotatable bonds is 4. The van der Waals surface area contributed by atoms with Crippen LogP contribution in [0.15, 0.2) is 23.0 Å². The Morgan fingerprint density at radius 1 is 1.31 bits per heavy atom. The van der Waals surface area contributed by atoms with Crippen molar-refractivity contribution >= 4 is 56.9 Å². The zero-order valence-corrected chi connectivity index (χ0v) is 21.5. The predicted octanol–water partition coefficient (Wildman–Crippen LogP) is -0.0523. The second-order valence-electron chi connectivity index (χ2n) is 9.13. The Bertz CT molecular complexity index is 1290. The lowest BCUT2D eigenvalue weighted by molar-refractivity contribution is -0.153. The second kappa shape index (κ2) is 8.65.